The van der Waals surface area contributed by atoms with Crippen LogP contribution in [0.15, 0.2) is 0 Å². The van der Waals surface area contributed by atoms with E-state index in [1.54, 1.807) is 0 Å². The summed E-state index contributed by atoms with van der Waals surface area (Å²) >= 11 is 0. The molecule has 0 spiro atoms. The van der Waals surface area contributed by atoms with Gasteiger partial charge in [0.25, 0.3) is 0 Å². The van der Waals surface area contributed by atoms with E-state index in [1.807, 2.05) is 0 Å². The largest absolute Gasteiger partial charge is 0.492 e. The van der Waals surface area contributed by atoms with Crippen LogP contribution in [0.5, 0.6) is 0 Å². The monoisotopic (exact) mass is 406 g/mol. The maximum Gasteiger partial charge on any atom is 0.492 e. The fraction of sp³-hybridized carbons (Fsp3) is 1.00. The molecule has 18 nitrogen and oxygen atoms in total. The molecule has 0 radical (unpaired) electrons. The molecule has 0 amide bonds. The fourth-order valence-corrected chi connectivity index (χ4v) is 5.74. The molecule has 4 aliphatic carbocycles. The second kappa shape index (κ2) is 5.23. The molecular formula is C10H10N6O12. The number of rotatable bonds is 6. The summed E-state index contributed by atoms with van der Waals surface area (Å²) in [5.41, 5.74) is -10.5. The SMILES string of the molecule is O=[N+]([O-])C1([N+](=O)[O-])C2CC3CC1C([N+](=O)[O-])([N+](=O)[O-])C(C2)C3([N+](=O)[O-])[N+](=O)[O-]. The van der Waals surface area contributed by atoms with Crippen LogP contribution < -0.4 is 0 Å². The topological polar surface area (TPSA) is 259 Å². The lowest BCUT2D eigenvalue weighted by atomic mass is 9.43. The third kappa shape index (κ3) is 1.59. The highest BCUT2D eigenvalue weighted by molar-refractivity contribution is 5.16. The lowest BCUT2D eigenvalue weighted by Gasteiger charge is -2.52. The Labute approximate surface area is 151 Å². The molecule has 4 saturated carbocycles. The summed E-state index contributed by atoms with van der Waals surface area (Å²) in [6, 6.07) is 0. The minimum absolute atomic E-state index is 0.692. The molecule has 4 atom stereocenters. The fourth-order valence-electron chi connectivity index (χ4n) is 5.74. The second-order valence-corrected chi connectivity index (χ2v) is 7.10. The van der Waals surface area contributed by atoms with Gasteiger partial charge in [0, 0.05) is 0 Å². The zero-order valence-electron chi connectivity index (χ0n) is 13.5. The molecule has 0 aromatic rings. The van der Waals surface area contributed by atoms with Gasteiger partial charge in [-0.05, 0) is 19.3 Å². The molecule has 0 N–H and O–H groups in total. The van der Waals surface area contributed by atoms with E-state index in [0.717, 1.165) is 0 Å². The molecule has 0 aromatic heterocycles. The van der Waals surface area contributed by atoms with Gasteiger partial charge in [-0.2, -0.15) is 0 Å². The Balaban J connectivity index is 2.43. The average molecular weight is 406 g/mol. The first-order chi connectivity index (χ1) is 12.8. The first-order valence-electron chi connectivity index (χ1n) is 7.71. The normalized spacial score (nSPS) is 33.0. The van der Waals surface area contributed by atoms with Gasteiger partial charge in [0.05, 0.1) is 19.7 Å². The Morgan fingerprint density at radius 2 is 0.714 bits per heavy atom. The van der Waals surface area contributed by atoms with E-state index in [1.165, 1.54) is 0 Å². The molecule has 0 saturated heterocycles. The molecule has 152 valence electrons. The predicted molar refractivity (Wildman–Crippen MR) is 78.0 cm³/mol. The summed E-state index contributed by atoms with van der Waals surface area (Å²) in [7, 11) is 0. The van der Waals surface area contributed by atoms with Gasteiger partial charge in [0.2, 0.25) is 11.8 Å². The van der Waals surface area contributed by atoms with Crippen LogP contribution in [0.1, 0.15) is 19.3 Å². The van der Waals surface area contributed by atoms with Crippen LogP contribution in [0.25, 0.3) is 0 Å². The van der Waals surface area contributed by atoms with Crippen LogP contribution in [-0.4, -0.2) is 46.5 Å². The van der Waals surface area contributed by atoms with Crippen molar-refractivity contribution >= 4 is 0 Å². The quantitative estimate of drug-likeness (QED) is 0.304. The van der Waals surface area contributed by atoms with Crippen molar-refractivity contribution in [1.82, 2.24) is 0 Å². The van der Waals surface area contributed by atoms with Gasteiger partial charge >= 0.3 is 17.0 Å². The van der Waals surface area contributed by atoms with Gasteiger partial charge in [-0.3, -0.25) is 60.7 Å². The summed E-state index contributed by atoms with van der Waals surface area (Å²) < 4.78 is 0. The van der Waals surface area contributed by atoms with Crippen LogP contribution >= 0.6 is 0 Å². The van der Waals surface area contributed by atoms with E-state index < -0.39 is 89.5 Å². The lowest BCUT2D eigenvalue weighted by molar-refractivity contribution is -0.923. The maximum absolute atomic E-state index is 11.8. The van der Waals surface area contributed by atoms with E-state index >= 15 is 0 Å². The van der Waals surface area contributed by atoms with Crippen molar-refractivity contribution in [3.8, 4) is 0 Å². The summed E-state index contributed by atoms with van der Waals surface area (Å²) in [5, 5.41) is 70.2. The molecule has 0 aliphatic heterocycles. The first kappa shape index (κ1) is 19.2. The Morgan fingerprint density at radius 1 is 0.464 bits per heavy atom. The standard InChI is InChI=1S/C10H10N6O12/c17-11(18)8(12(19)20)4-1-5-3-7(8)10(15(25)26,16(27)28)6(2-4)9(5,13(21)22)14(23)24/h4-7H,1-3H2. The van der Waals surface area contributed by atoms with E-state index in [2.05, 4.69) is 0 Å². The van der Waals surface area contributed by atoms with Crippen LogP contribution in [0.4, 0.5) is 0 Å². The highest BCUT2D eigenvalue weighted by atomic mass is 16.7. The second-order valence-electron chi connectivity index (χ2n) is 7.10. The highest BCUT2D eigenvalue weighted by Gasteiger charge is 3.01. The molecule has 4 fully saturated rings. The van der Waals surface area contributed by atoms with Crippen molar-refractivity contribution in [3.05, 3.63) is 60.7 Å². The van der Waals surface area contributed by atoms with Crippen molar-refractivity contribution in [2.45, 2.75) is 36.3 Å². The molecule has 28 heavy (non-hydrogen) atoms. The molecule has 4 aliphatic rings. The molecular weight excluding hydrogens is 396 g/mol. The highest BCUT2D eigenvalue weighted by Crippen LogP contribution is 2.68. The summed E-state index contributed by atoms with van der Waals surface area (Å²) in [6.07, 6.45) is -2.97. The smallest absolute Gasteiger partial charge is 0.258 e. The minimum Gasteiger partial charge on any atom is -0.258 e. The predicted octanol–water partition coefficient (Wildman–Crippen LogP) is -0.589. The van der Waals surface area contributed by atoms with Gasteiger partial charge in [-0.25, -0.2) is 0 Å². The Bertz CT molecular complexity index is 760. The van der Waals surface area contributed by atoms with Gasteiger partial charge < -0.3 is 0 Å². The third-order valence-electron chi connectivity index (χ3n) is 6.62. The minimum atomic E-state index is -3.83. The molecule has 4 unspecified atom stereocenters. The Kier molecular flexibility index (Phi) is 3.58. The number of nitro groups is 6. The van der Waals surface area contributed by atoms with Gasteiger partial charge in [0.1, 0.15) is 21.7 Å². The zero-order valence-corrected chi connectivity index (χ0v) is 13.5. The van der Waals surface area contributed by atoms with Crippen molar-refractivity contribution in [2.24, 2.45) is 23.7 Å². The van der Waals surface area contributed by atoms with Crippen LogP contribution in [0.3, 0.4) is 0 Å². The van der Waals surface area contributed by atoms with Crippen molar-refractivity contribution < 1.29 is 29.5 Å². The van der Waals surface area contributed by atoms with Crippen LogP contribution in [0.2, 0.25) is 0 Å². The van der Waals surface area contributed by atoms with Crippen LogP contribution in [-0.2, 0) is 0 Å². The summed E-state index contributed by atoms with van der Waals surface area (Å²) in [4.78, 5) is 61.1. The Morgan fingerprint density at radius 3 is 0.929 bits per heavy atom. The van der Waals surface area contributed by atoms with Crippen molar-refractivity contribution in [3.63, 3.8) is 0 Å². The lowest BCUT2D eigenvalue weighted by Crippen LogP contribution is -2.85. The van der Waals surface area contributed by atoms with Gasteiger partial charge in [-0.15, -0.1) is 0 Å². The van der Waals surface area contributed by atoms with Crippen molar-refractivity contribution in [1.29, 1.82) is 0 Å². The van der Waals surface area contributed by atoms with E-state index in [-0.39, 0.29) is 0 Å². The van der Waals surface area contributed by atoms with Gasteiger partial charge in [0.15, 0.2) is 0 Å². The maximum atomic E-state index is 11.8. The molecule has 4 bridgehead atoms. The molecule has 0 aromatic carbocycles. The number of hydrogen-bond donors (Lipinski definition) is 0. The van der Waals surface area contributed by atoms with Crippen LogP contribution in [0, 0.1) is 84.4 Å². The zero-order chi connectivity index (χ0) is 21.4. The first-order valence-corrected chi connectivity index (χ1v) is 7.71. The third-order valence-corrected chi connectivity index (χ3v) is 6.62. The number of nitrogens with zero attached hydrogens (tertiary/aromatic N) is 6. The molecule has 4 rings (SSSR count). The van der Waals surface area contributed by atoms with E-state index in [4.69, 9.17) is 0 Å². The van der Waals surface area contributed by atoms with Crippen molar-refractivity contribution in [2.75, 3.05) is 0 Å². The van der Waals surface area contributed by atoms with Gasteiger partial charge in [-0.1, -0.05) is 0 Å². The average Bonchev–Trinajstić information content (AvgIpc) is 2.52. The Hall–Kier alpha value is -3.60. The van der Waals surface area contributed by atoms with E-state index in [0.29, 0.717) is 0 Å². The summed E-state index contributed by atoms with van der Waals surface area (Å²) in [6.45, 7) is 0. The van der Waals surface area contributed by atoms with E-state index in [9.17, 15) is 60.7 Å². The summed E-state index contributed by atoms with van der Waals surface area (Å²) in [5.74, 6) is -8.31. The molecule has 0 heterocycles. The number of hydrogen-bond acceptors (Lipinski definition) is 12. The molecule has 18 heteroatoms.